The molecule has 3 aromatic rings. The van der Waals surface area contributed by atoms with Gasteiger partial charge >= 0.3 is 0 Å². The molecule has 4 aliphatic carbocycles. The molecule has 0 saturated heterocycles. The van der Waals surface area contributed by atoms with Crippen LogP contribution in [0.5, 0.6) is 0 Å². The lowest BCUT2D eigenvalue weighted by molar-refractivity contribution is -0.175. The molecule has 7 rings (SSSR count). The zero-order chi connectivity index (χ0) is 21.5. The minimum Gasteiger partial charge on any atom is -0.368 e. The first kappa shape index (κ1) is 18.4. The fourth-order valence-corrected chi connectivity index (χ4v) is 8.09. The summed E-state index contributed by atoms with van der Waals surface area (Å²) in [6.45, 7) is 0.196. The van der Waals surface area contributed by atoms with Gasteiger partial charge in [-0.1, -0.05) is 30.3 Å². The number of carbonyl (C=O) groups excluding carboxylic acids is 1. The second kappa shape index (κ2) is 6.21. The number of hydrogen-bond donors (Lipinski definition) is 1. The number of aromatic nitrogens is 3. The highest BCUT2D eigenvalue weighted by Gasteiger charge is 2.77. The van der Waals surface area contributed by atoms with Crippen LogP contribution in [0.25, 0.3) is 11.3 Å². The topological polar surface area (TPSA) is 78.2 Å². The molecule has 2 heterocycles. The number of amides is 1. The number of rotatable bonds is 4. The smallest absolute Gasteiger partial charge is 0.268 e. The Labute approximate surface area is 187 Å². The summed E-state index contributed by atoms with van der Waals surface area (Å²) in [4.78, 5) is 17.2. The van der Waals surface area contributed by atoms with Crippen molar-refractivity contribution < 1.29 is 4.79 Å². The van der Waals surface area contributed by atoms with Crippen molar-refractivity contribution in [1.82, 2.24) is 14.3 Å². The van der Waals surface area contributed by atoms with Crippen molar-refractivity contribution in [1.29, 1.82) is 0 Å². The second-order valence-electron chi connectivity index (χ2n) is 10.4. The third-order valence-electron chi connectivity index (χ3n) is 9.20. The van der Waals surface area contributed by atoms with Crippen LogP contribution in [0.4, 0.5) is 0 Å². The van der Waals surface area contributed by atoms with Crippen LogP contribution in [0, 0.1) is 23.2 Å². The van der Waals surface area contributed by atoms with Gasteiger partial charge in [0.15, 0.2) is 0 Å². The summed E-state index contributed by atoms with van der Waals surface area (Å²) in [5.74, 6) is 2.62. The highest BCUT2D eigenvalue weighted by Crippen LogP contribution is 2.84. The van der Waals surface area contributed by atoms with Crippen molar-refractivity contribution in [2.45, 2.75) is 44.1 Å². The highest BCUT2D eigenvalue weighted by molar-refractivity contribution is 5.93. The van der Waals surface area contributed by atoms with Crippen molar-refractivity contribution in [3.05, 3.63) is 66.6 Å². The SMILES string of the molecule is NC(=NC(=O)Cn1c(-c2ccccc2)ccc1C12CC3CC4CC(C1)C43C2)n1cccn1. The quantitative estimate of drug-likeness (QED) is 0.510. The van der Waals surface area contributed by atoms with Crippen molar-refractivity contribution in [3.63, 3.8) is 0 Å². The lowest BCUT2D eigenvalue weighted by Gasteiger charge is -2.66. The van der Waals surface area contributed by atoms with Gasteiger partial charge in [-0.3, -0.25) is 4.79 Å². The van der Waals surface area contributed by atoms with E-state index in [1.165, 1.54) is 42.5 Å². The van der Waals surface area contributed by atoms with E-state index in [0.717, 1.165) is 29.0 Å². The summed E-state index contributed by atoms with van der Waals surface area (Å²) < 4.78 is 3.66. The van der Waals surface area contributed by atoms with E-state index in [1.807, 2.05) is 6.07 Å². The molecule has 2 aromatic heterocycles. The number of nitrogens with two attached hydrogens (primary N) is 1. The normalized spacial score (nSPS) is 34.1. The summed E-state index contributed by atoms with van der Waals surface area (Å²) >= 11 is 0. The molecule has 1 spiro atoms. The van der Waals surface area contributed by atoms with Crippen LogP contribution in [0.3, 0.4) is 0 Å². The summed E-state index contributed by atoms with van der Waals surface area (Å²) in [7, 11) is 0. The molecule has 2 unspecified atom stereocenters. The van der Waals surface area contributed by atoms with Gasteiger partial charge in [-0.05, 0) is 79.0 Å². The maximum atomic E-state index is 13.1. The Hall–Kier alpha value is -3.15. The Morgan fingerprint density at radius 1 is 1.06 bits per heavy atom. The van der Waals surface area contributed by atoms with E-state index >= 15 is 0 Å². The Kier molecular flexibility index (Phi) is 3.58. The third-order valence-corrected chi connectivity index (χ3v) is 9.20. The Morgan fingerprint density at radius 3 is 2.50 bits per heavy atom. The van der Waals surface area contributed by atoms with Gasteiger partial charge in [-0.2, -0.15) is 10.1 Å². The van der Waals surface area contributed by atoms with E-state index in [2.05, 4.69) is 51.1 Å². The van der Waals surface area contributed by atoms with E-state index in [4.69, 9.17) is 5.73 Å². The Balaban J connectivity index is 1.28. The summed E-state index contributed by atoms with van der Waals surface area (Å²) in [6, 6.07) is 16.6. The van der Waals surface area contributed by atoms with Crippen LogP contribution in [-0.2, 0) is 16.8 Å². The summed E-state index contributed by atoms with van der Waals surface area (Å²) in [5.41, 5.74) is 10.4. The van der Waals surface area contributed by atoms with Gasteiger partial charge in [0.2, 0.25) is 5.96 Å². The number of fused-ring (bicyclic) bond motifs is 1. The molecule has 162 valence electrons. The first-order valence-electron chi connectivity index (χ1n) is 11.7. The standard InChI is InChI=1S/C26H27N5O/c27-24(31-10-4-9-28-31)29-23(32)15-30-21(17-5-2-1-3-6-17)7-8-22(30)25-13-19-11-18-12-20(14-25)26(18,19)16-25/h1-10,18-20H,11-16H2,(H2,27,29,32). The predicted octanol–water partition coefficient (Wildman–Crippen LogP) is 3.82. The molecule has 32 heavy (non-hydrogen) atoms. The van der Waals surface area contributed by atoms with Crippen LogP contribution in [0.1, 0.15) is 37.8 Å². The second-order valence-corrected chi connectivity index (χ2v) is 10.4. The largest absolute Gasteiger partial charge is 0.368 e. The zero-order valence-corrected chi connectivity index (χ0v) is 18.0. The summed E-state index contributed by atoms with van der Waals surface area (Å²) in [5, 5.41) is 4.08. The molecule has 1 amide bonds. The first-order chi connectivity index (χ1) is 15.6. The number of hydrogen-bond acceptors (Lipinski definition) is 2. The van der Waals surface area contributed by atoms with Gasteiger partial charge in [-0.15, -0.1) is 0 Å². The molecule has 0 aliphatic heterocycles. The van der Waals surface area contributed by atoms with Crippen molar-refractivity contribution in [2.24, 2.45) is 33.9 Å². The average Bonchev–Trinajstić information content (AvgIpc) is 3.54. The van der Waals surface area contributed by atoms with Crippen LogP contribution in [0.15, 0.2) is 65.9 Å². The van der Waals surface area contributed by atoms with Crippen molar-refractivity contribution in [3.8, 4) is 11.3 Å². The maximum absolute atomic E-state index is 13.1. The molecule has 6 nitrogen and oxygen atoms in total. The molecule has 4 fully saturated rings. The van der Waals surface area contributed by atoms with Gasteiger partial charge in [0, 0.05) is 29.2 Å². The van der Waals surface area contributed by atoms with Crippen molar-refractivity contribution >= 4 is 11.9 Å². The highest BCUT2D eigenvalue weighted by atomic mass is 16.1. The lowest BCUT2D eigenvalue weighted by Crippen LogP contribution is -2.59. The van der Waals surface area contributed by atoms with Gasteiger partial charge in [0.25, 0.3) is 5.91 Å². The predicted molar refractivity (Wildman–Crippen MR) is 122 cm³/mol. The van der Waals surface area contributed by atoms with Crippen LogP contribution in [-0.4, -0.2) is 26.2 Å². The molecule has 2 N–H and O–H groups in total. The number of aliphatic imine (C=N–C) groups is 1. The molecule has 6 heteroatoms. The monoisotopic (exact) mass is 425 g/mol. The molecule has 4 saturated carbocycles. The molecule has 0 radical (unpaired) electrons. The molecular weight excluding hydrogens is 398 g/mol. The third kappa shape index (κ3) is 2.27. The first-order valence-corrected chi connectivity index (χ1v) is 11.7. The van der Waals surface area contributed by atoms with E-state index in [9.17, 15) is 4.79 Å². The van der Waals surface area contributed by atoms with Gasteiger partial charge < -0.3 is 10.3 Å². The average molecular weight is 426 g/mol. The van der Waals surface area contributed by atoms with E-state index in [1.54, 1.807) is 18.5 Å². The Bertz CT molecular complexity index is 1220. The van der Waals surface area contributed by atoms with Crippen LogP contribution < -0.4 is 5.73 Å². The number of benzene rings is 1. The van der Waals surface area contributed by atoms with E-state index < -0.39 is 0 Å². The fraction of sp³-hybridized carbons (Fsp3) is 0.423. The molecule has 2 atom stereocenters. The zero-order valence-electron chi connectivity index (χ0n) is 18.0. The number of nitrogens with zero attached hydrogens (tertiary/aromatic N) is 4. The molecule has 2 bridgehead atoms. The Morgan fingerprint density at radius 2 is 1.84 bits per heavy atom. The number of carbonyl (C=O) groups is 1. The summed E-state index contributed by atoms with van der Waals surface area (Å²) in [6.07, 6.45) is 10.0. The van der Waals surface area contributed by atoms with Gasteiger partial charge in [0.05, 0.1) is 0 Å². The van der Waals surface area contributed by atoms with Crippen molar-refractivity contribution in [2.75, 3.05) is 0 Å². The minimum absolute atomic E-state index is 0.104. The van der Waals surface area contributed by atoms with E-state index in [0.29, 0.717) is 5.41 Å². The molecule has 1 aromatic carbocycles. The van der Waals surface area contributed by atoms with Crippen LogP contribution >= 0.6 is 0 Å². The van der Waals surface area contributed by atoms with E-state index in [-0.39, 0.29) is 23.8 Å². The van der Waals surface area contributed by atoms with Gasteiger partial charge in [-0.25, -0.2) is 4.68 Å². The minimum atomic E-state index is -0.248. The molecular formula is C26H27N5O. The maximum Gasteiger partial charge on any atom is 0.268 e. The van der Waals surface area contributed by atoms with Gasteiger partial charge in [0.1, 0.15) is 6.54 Å². The molecule has 4 aliphatic rings. The van der Waals surface area contributed by atoms with Crippen LogP contribution in [0.2, 0.25) is 0 Å². The lowest BCUT2D eigenvalue weighted by atomic mass is 9.38. The fourth-order valence-electron chi connectivity index (χ4n) is 8.09.